The minimum Gasteiger partial charge on any atom is -0.379 e. The lowest BCUT2D eigenvalue weighted by atomic mass is 10.0. The molecule has 0 aromatic heterocycles. The molecule has 50 heavy (non-hydrogen) atoms. The number of halogens is 1. The van der Waals surface area contributed by atoms with Gasteiger partial charge in [0.15, 0.2) is 11.6 Å². The fraction of sp³-hybridized carbons (Fsp3) is 1.00. The van der Waals surface area contributed by atoms with Crippen molar-refractivity contribution in [2.75, 3.05) is 31.8 Å². The molecule has 6 heteroatoms. The average Bonchev–Trinajstić information content (AvgIpc) is 3.64. The molecule has 2 fully saturated rings. The Morgan fingerprint density at radius 2 is 0.780 bits per heavy atom. The molecule has 0 N–H and O–H groups in total. The zero-order valence-corrected chi connectivity index (χ0v) is 36.5. The van der Waals surface area contributed by atoms with E-state index in [1.165, 1.54) is 179 Å². The van der Waals surface area contributed by atoms with Crippen molar-refractivity contribution in [2.45, 2.75) is 252 Å². The number of hydrogen-bond acceptors (Lipinski definition) is 5. The summed E-state index contributed by atoms with van der Waals surface area (Å²) in [5.41, 5.74) is 0. The normalized spacial score (nSPS) is 19.2. The van der Waals surface area contributed by atoms with Gasteiger partial charge in [0.2, 0.25) is 0 Å². The molecule has 2 heterocycles. The minimum atomic E-state index is -0.428. The Labute approximate surface area is 322 Å². The summed E-state index contributed by atoms with van der Waals surface area (Å²) in [4.78, 5) is 0. The molecule has 2 aliphatic rings. The quantitative estimate of drug-likeness (QED) is 0.0518. The zero-order valence-electron chi connectivity index (χ0n) is 34.9. The fourth-order valence-corrected chi connectivity index (χ4v) is 6.93. The lowest BCUT2D eigenvalue weighted by Gasteiger charge is -2.17. The van der Waals surface area contributed by atoms with Gasteiger partial charge in [-0.1, -0.05) is 197 Å². The molecule has 0 aromatic carbocycles. The van der Waals surface area contributed by atoms with Crippen molar-refractivity contribution in [1.29, 1.82) is 0 Å². The van der Waals surface area contributed by atoms with Gasteiger partial charge in [0.25, 0.3) is 0 Å². The van der Waals surface area contributed by atoms with Crippen LogP contribution in [0.15, 0.2) is 0 Å². The number of alkyl halides is 1. The van der Waals surface area contributed by atoms with Gasteiger partial charge in [-0.3, -0.25) is 0 Å². The summed E-state index contributed by atoms with van der Waals surface area (Å²) >= 11 is 3.48. The second kappa shape index (κ2) is 36.3. The average molecular weight is 778 g/mol. The molecule has 0 bridgehead atoms. The molecule has 2 rings (SSSR count). The van der Waals surface area contributed by atoms with E-state index in [2.05, 4.69) is 36.7 Å². The van der Waals surface area contributed by atoms with E-state index in [4.69, 9.17) is 23.7 Å². The molecule has 2 saturated heterocycles. The summed E-state index contributed by atoms with van der Waals surface area (Å²) in [7, 11) is 0. The van der Waals surface area contributed by atoms with Gasteiger partial charge >= 0.3 is 0 Å². The van der Waals surface area contributed by atoms with Crippen LogP contribution in [0.4, 0.5) is 0 Å². The van der Waals surface area contributed by atoms with Crippen molar-refractivity contribution < 1.29 is 23.7 Å². The van der Waals surface area contributed by atoms with E-state index in [0.29, 0.717) is 19.3 Å². The van der Waals surface area contributed by atoms with E-state index in [0.717, 1.165) is 19.6 Å². The van der Waals surface area contributed by atoms with Crippen molar-refractivity contribution >= 4 is 15.9 Å². The Kier molecular flexibility index (Phi) is 36.5. The van der Waals surface area contributed by atoms with Gasteiger partial charge in [0.05, 0.1) is 25.9 Å². The minimum absolute atomic E-state index is 0.113. The molecular formula is C44H89BrO5. The van der Waals surface area contributed by atoms with E-state index in [1.54, 1.807) is 0 Å². The summed E-state index contributed by atoms with van der Waals surface area (Å²) in [6.07, 6.45) is 39.8. The second-order valence-electron chi connectivity index (χ2n) is 15.9. The number of hydrogen-bond donors (Lipinski definition) is 0. The van der Waals surface area contributed by atoms with Gasteiger partial charge < -0.3 is 23.7 Å². The summed E-state index contributed by atoms with van der Waals surface area (Å²) in [5, 5.41) is 1.19. The Hall–Kier alpha value is 0.280. The van der Waals surface area contributed by atoms with Gasteiger partial charge in [-0.25, -0.2) is 0 Å². The zero-order chi connectivity index (χ0) is 37.0. The van der Waals surface area contributed by atoms with Gasteiger partial charge in [-0.15, -0.1) is 0 Å². The number of rotatable bonds is 31. The molecular weight excluding hydrogens is 688 g/mol. The van der Waals surface area contributed by atoms with Crippen molar-refractivity contribution in [2.24, 2.45) is 0 Å². The Morgan fingerprint density at radius 3 is 1.06 bits per heavy atom. The summed E-state index contributed by atoms with van der Waals surface area (Å²) in [6, 6.07) is 0. The van der Waals surface area contributed by atoms with Crippen LogP contribution in [0.2, 0.25) is 0 Å². The van der Waals surface area contributed by atoms with Crippen molar-refractivity contribution in [3.8, 4) is 0 Å². The van der Waals surface area contributed by atoms with Crippen LogP contribution in [0.5, 0.6) is 0 Å². The highest BCUT2D eigenvalue weighted by atomic mass is 79.9. The molecule has 0 spiro atoms. The standard InChI is InChI=1S/C22H44O3.C15H31Br.C7H14O2/c1-4-5-6-7-8-9-10-11-12-13-14-15-16-17-18-23-19-21-20-24-22(2,3)25-21;1-2-3-4-5-6-7-8-9-10-11-12-13-14-15-16;1-4-6-5-8-7(2,3)9-6/h21H,4-20H2,1-3H3;2-15H2,1H3;6H,4-5H2,1-3H3. The monoisotopic (exact) mass is 777 g/mol. The van der Waals surface area contributed by atoms with Crippen molar-refractivity contribution in [3.05, 3.63) is 0 Å². The Morgan fingerprint density at radius 1 is 0.460 bits per heavy atom. The second-order valence-corrected chi connectivity index (χ2v) is 16.7. The lowest BCUT2D eigenvalue weighted by Crippen LogP contribution is -2.24. The topological polar surface area (TPSA) is 46.2 Å². The summed E-state index contributed by atoms with van der Waals surface area (Å²) in [5.74, 6) is -0.760. The van der Waals surface area contributed by atoms with E-state index in [-0.39, 0.29) is 11.9 Å². The molecule has 0 radical (unpaired) electrons. The van der Waals surface area contributed by atoms with E-state index in [1.807, 2.05) is 27.7 Å². The number of unbranched alkanes of at least 4 members (excludes halogenated alkanes) is 25. The highest BCUT2D eigenvalue weighted by Gasteiger charge is 2.32. The maximum Gasteiger partial charge on any atom is 0.163 e. The summed E-state index contributed by atoms with van der Waals surface area (Å²) < 4.78 is 27.8. The largest absolute Gasteiger partial charge is 0.379 e. The highest BCUT2D eigenvalue weighted by molar-refractivity contribution is 9.09. The third-order valence-electron chi connectivity index (χ3n) is 9.77. The lowest BCUT2D eigenvalue weighted by molar-refractivity contribution is -0.145. The predicted octanol–water partition coefficient (Wildman–Crippen LogP) is 14.7. The molecule has 2 atom stereocenters. The van der Waals surface area contributed by atoms with Crippen LogP contribution in [-0.4, -0.2) is 55.5 Å². The molecule has 0 aromatic rings. The van der Waals surface area contributed by atoms with Crippen molar-refractivity contribution in [3.63, 3.8) is 0 Å². The van der Waals surface area contributed by atoms with E-state index >= 15 is 0 Å². The van der Waals surface area contributed by atoms with Crippen LogP contribution >= 0.6 is 15.9 Å². The molecule has 0 saturated carbocycles. The first-order valence-electron chi connectivity index (χ1n) is 22.0. The van der Waals surface area contributed by atoms with Crippen LogP contribution < -0.4 is 0 Å². The van der Waals surface area contributed by atoms with Gasteiger partial charge in [0, 0.05) is 11.9 Å². The predicted molar refractivity (Wildman–Crippen MR) is 221 cm³/mol. The molecule has 5 nitrogen and oxygen atoms in total. The van der Waals surface area contributed by atoms with Crippen LogP contribution in [0.3, 0.4) is 0 Å². The maximum atomic E-state index is 5.73. The third kappa shape index (κ3) is 35.3. The first-order valence-corrected chi connectivity index (χ1v) is 23.1. The summed E-state index contributed by atoms with van der Waals surface area (Å²) in [6.45, 7) is 17.4. The molecule has 2 aliphatic heterocycles. The van der Waals surface area contributed by atoms with Crippen LogP contribution in [-0.2, 0) is 23.7 Å². The van der Waals surface area contributed by atoms with Crippen LogP contribution in [0.25, 0.3) is 0 Å². The first kappa shape index (κ1) is 50.3. The Bertz CT molecular complexity index is 659. The Balaban J connectivity index is 0.000000814. The highest BCUT2D eigenvalue weighted by Crippen LogP contribution is 2.24. The van der Waals surface area contributed by atoms with Crippen LogP contribution in [0.1, 0.15) is 228 Å². The fourth-order valence-electron chi connectivity index (χ4n) is 6.54. The van der Waals surface area contributed by atoms with E-state index in [9.17, 15) is 0 Å². The van der Waals surface area contributed by atoms with Crippen molar-refractivity contribution in [1.82, 2.24) is 0 Å². The maximum absolute atomic E-state index is 5.73. The molecule has 2 unspecified atom stereocenters. The SMILES string of the molecule is CCC1COC(C)(C)O1.CCCCCCCCCCCCCCCBr.CCCCCCCCCCCCCCCCOCC1COC(C)(C)O1. The molecule has 0 amide bonds. The smallest absolute Gasteiger partial charge is 0.163 e. The van der Waals surface area contributed by atoms with Crippen LogP contribution in [0, 0.1) is 0 Å². The molecule has 302 valence electrons. The first-order chi connectivity index (χ1) is 24.2. The van der Waals surface area contributed by atoms with Gasteiger partial charge in [-0.2, -0.15) is 0 Å². The van der Waals surface area contributed by atoms with Gasteiger partial charge in [0.1, 0.15) is 6.10 Å². The van der Waals surface area contributed by atoms with E-state index < -0.39 is 5.79 Å². The molecule has 0 aliphatic carbocycles. The third-order valence-corrected chi connectivity index (χ3v) is 10.3. The van der Waals surface area contributed by atoms with Gasteiger partial charge in [-0.05, 0) is 47.0 Å². The number of ether oxygens (including phenoxy) is 5.